The number of hydrogen-bond acceptors (Lipinski definition) is 1. The summed E-state index contributed by atoms with van der Waals surface area (Å²) in [5.74, 6) is 1.02. The molecule has 0 fully saturated rings. The fourth-order valence-corrected chi connectivity index (χ4v) is 1.78. The van der Waals surface area contributed by atoms with Crippen LogP contribution in [0.15, 0.2) is 41.9 Å². The molecule has 0 N–H and O–H groups in total. The maximum atomic E-state index is 5.85. The minimum absolute atomic E-state index is 0.271. The van der Waals surface area contributed by atoms with E-state index in [9.17, 15) is 0 Å². The van der Waals surface area contributed by atoms with Crippen LogP contribution in [0.4, 0.5) is 0 Å². The molecule has 0 spiro atoms. The Labute approximate surface area is 90.0 Å². The Bertz CT molecular complexity index is 269. The Morgan fingerprint density at radius 3 is 2.46 bits per heavy atom. The number of hydrogen-bond donors (Lipinski definition) is 1. The van der Waals surface area contributed by atoms with E-state index in [1.807, 2.05) is 18.2 Å². The van der Waals surface area contributed by atoms with Gasteiger partial charge >= 0.3 is 0 Å². The zero-order valence-corrected chi connectivity index (χ0v) is 9.06. The van der Waals surface area contributed by atoms with Gasteiger partial charge in [-0.15, -0.1) is 0 Å². The summed E-state index contributed by atoms with van der Waals surface area (Å²) in [4.78, 5) is 0. The molecule has 0 radical (unpaired) electrons. The van der Waals surface area contributed by atoms with Crippen molar-refractivity contribution in [2.75, 3.05) is 5.75 Å². The summed E-state index contributed by atoms with van der Waals surface area (Å²) in [6.45, 7) is 3.74. The second-order valence-corrected chi connectivity index (χ2v) is 3.87. The molecule has 0 bridgehead atoms. The predicted octanol–water partition coefficient (Wildman–Crippen LogP) is 3.53. The van der Waals surface area contributed by atoms with Gasteiger partial charge in [0, 0.05) is 11.0 Å². The van der Waals surface area contributed by atoms with Crippen LogP contribution in [0, 0.1) is 5.92 Å². The Morgan fingerprint density at radius 1 is 1.38 bits per heavy atom. The first-order valence-corrected chi connectivity index (χ1v) is 5.24. The third kappa shape index (κ3) is 3.45. The van der Waals surface area contributed by atoms with Crippen LogP contribution in [0.2, 0.25) is 0 Å². The molecule has 0 aliphatic rings. The van der Waals surface area contributed by atoms with Crippen LogP contribution < -0.4 is 0 Å². The van der Waals surface area contributed by atoms with Crippen LogP contribution in [0.3, 0.4) is 0 Å². The minimum atomic E-state index is 0.271. The Morgan fingerprint density at radius 2 is 2.00 bits per heavy atom. The molecule has 0 aliphatic carbocycles. The average molecular weight is 213 g/mol. The summed E-state index contributed by atoms with van der Waals surface area (Å²) in [6.07, 6.45) is 0.923. The number of rotatable bonds is 4. The van der Waals surface area contributed by atoms with Crippen molar-refractivity contribution < 1.29 is 0 Å². The topological polar surface area (TPSA) is 0 Å². The van der Waals surface area contributed by atoms with Crippen molar-refractivity contribution in [1.29, 1.82) is 0 Å². The molecular weight excluding hydrogens is 200 g/mol. The Hall–Kier alpha value is -0.400. The molecule has 0 aromatic heterocycles. The highest BCUT2D eigenvalue weighted by Gasteiger charge is 2.09. The van der Waals surface area contributed by atoms with E-state index >= 15 is 0 Å². The lowest BCUT2D eigenvalue weighted by Crippen LogP contribution is -2.05. The summed E-state index contributed by atoms with van der Waals surface area (Å²) in [6, 6.07) is 10.3. The third-order valence-electron chi connectivity index (χ3n) is 1.99. The molecule has 1 aromatic carbocycles. The zero-order chi connectivity index (χ0) is 9.68. The fraction of sp³-hybridized carbons (Fsp3) is 0.273. The highest BCUT2D eigenvalue weighted by atomic mass is 35.5. The van der Waals surface area contributed by atoms with E-state index in [0.29, 0.717) is 5.03 Å². The number of allylic oxidation sites excluding steroid dienone is 1. The van der Waals surface area contributed by atoms with E-state index < -0.39 is 0 Å². The van der Waals surface area contributed by atoms with Crippen molar-refractivity contribution in [1.82, 2.24) is 0 Å². The molecular formula is C11H13ClS. The highest BCUT2D eigenvalue weighted by Crippen LogP contribution is 2.19. The molecule has 0 heterocycles. The van der Waals surface area contributed by atoms with E-state index in [2.05, 4.69) is 31.3 Å². The van der Waals surface area contributed by atoms with Crippen LogP contribution in [-0.4, -0.2) is 5.75 Å². The zero-order valence-electron chi connectivity index (χ0n) is 7.41. The van der Waals surface area contributed by atoms with Gasteiger partial charge in [0.1, 0.15) is 0 Å². The average Bonchev–Trinajstić information content (AvgIpc) is 2.15. The summed E-state index contributed by atoms with van der Waals surface area (Å²) in [5, 5.41) is 0.693. The van der Waals surface area contributed by atoms with E-state index in [1.54, 1.807) is 0 Å². The lowest BCUT2D eigenvalue weighted by molar-refractivity contribution is 0.726. The number of benzene rings is 1. The Kier molecular flexibility index (Phi) is 4.40. The van der Waals surface area contributed by atoms with Crippen molar-refractivity contribution in [2.45, 2.75) is 6.42 Å². The molecule has 0 saturated heterocycles. The fourth-order valence-electron chi connectivity index (χ4n) is 1.17. The molecule has 1 atom stereocenters. The Balaban J connectivity index is 2.62. The SMILES string of the molecule is C=C(Cl)C(CS)Cc1ccccc1. The van der Waals surface area contributed by atoms with Crippen LogP contribution in [0.5, 0.6) is 0 Å². The molecule has 2 heteroatoms. The summed E-state index contributed by atoms with van der Waals surface area (Å²) >= 11 is 10.1. The standard InChI is InChI=1S/C11H13ClS/c1-9(12)11(8-13)7-10-5-3-2-4-6-10/h2-6,11,13H,1,7-8H2. The van der Waals surface area contributed by atoms with E-state index in [4.69, 9.17) is 11.6 Å². The maximum Gasteiger partial charge on any atom is 0.0151 e. The van der Waals surface area contributed by atoms with E-state index in [1.165, 1.54) is 5.56 Å². The van der Waals surface area contributed by atoms with Gasteiger partial charge in [0.15, 0.2) is 0 Å². The van der Waals surface area contributed by atoms with E-state index in [-0.39, 0.29) is 5.92 Å². The lowest BCUT2D eigenvalue weighted by Gasteiger charge is -2.12. The van der Waals surface area contributed by atoms with Gasteiger partial charge in [-0.1, -0.05) is 48.5 Å². The van der Waals surface area contributed by atoms with Gasteiger partial charge in [0.2, 0.25) is 0 Å². The molecule has 70 valence electrons. The second-order valence-electron chi connectivity index (χ2n) is 3.02. The van der Waals surface area contributed by atoms with Crippen LogP contribution >= 0.6 is 24.2 Å². The molecule has 0 amide bonds. The van der Waals surface area contributed by atoms with Crippen molar-refractivity contribution in [3.63, 3.8) is 0 Å². The molecule has 13 heavy (non-hydrogen) atoms. The normalized spacial score (nSPS) is 12.5. The van der Waals surface area contributed by atoms with Gasteiger partial charge in [-0.25, -0.2) is 0 Å². The first-order chi connectivity index (χ1) is 6.24. The molecule has 1 unspecified atom stereocenters. The van der Waals surface area contributed by atoms with Crippen molar-refractivity contribution >= 4 is 24.2 Å². The van der Waals surface area contributed by atoms with Crippen molar-refractivity contribution in [3.8, 4) is 0 Å². The number of halogens is 1. The van der Waals surface area contributed by atoms with Gasteiger partial charge in [-0.2, -0.15) is 12.6 Å². The van der Waals surface area contributed by atoms with Gasteiger partial charge in [0.25, 0.3) is 0 Å². The quantitative estimate of drug-likeness (QED) is 0.726. The predicted molar refractivity (Wildman–Crippen MR) is 62.5 cm³/mol. The number of thiol groups is 1. The van der Waals surface area contributed by atoms with Crippen molar-refractivity contribution in [3.05, 3.63) is 47.5 Å². The summed E-state index contributed by atoms with van der Waals surface area (Å²) < 4.78 is 0. The van der Waals surface area contributed by atoms with Crippen molar-refractivity contribution in [2.24, 2.45) is 5.92 Å². The first-order valence-electron chi connectivity index (χ1n) is 4.23. The van der Waals surface area contributed by atoms with Gasteiger partial charge in [-0.05, 0) is 17.7 Å². The smallest absolute Gasteiger partial charge is 0.0151 e. The molecule has 1 rings (SSSR count). The maximum absolute atomic E-state index is 5.85. The van der Waals surface area contributed by atoms with Gasteiger partial charge in [0.05, 0.1) is 0 Å². The molecule has 0 saturated carbocycles. The van der Waals surface area contributed by atoms with Gasteiger partial charge in [-0.3, -0.25) is 0 Å². The largest absolute Gasteiger partial charge is 0.179 e. The highest BCUT2D eigenvalue weighted by molar-refractivity contribution is 7.80. The summed E-state index contributed by atoms with van der Waals surface area (Å²) in [5.41, 5.74) is 1.28. The van der Waals surface area contributed by atoms with Crippen LogP contribution in [-0.2, 0) is 6.42 Å². The molecule has 0 aliphatic heterocycles. The van der Waals surface area contributed by atoms with Gasteiger partial charge < -0.3 is 0 Å². The third-order valence-corrected chi connectivity index (χ3v) is 2.74. The summed E-state index contributed by atoms with van der Waals surface area (Å²) in [7, 11) is 0. The molecule has 1 aromatic rings. The lowest BCUT2D eigenvalue weighted by atomic mass is 10.0. The molecule has 0 nitrogen and oxygen atoms in total. The first kappa shape index (κ1) is 10.7. The van der Waals surface area contributed by atoms with Crippen LogP contribution in [0.25, 0.3) is 0 Å². The van der Waals surface area contributed by atoms with Crippen LogP contribution in [0.1, 0.15) is 5.56 Å². The monoisotopic (exact) mass is 212 g/mol. The minimum Gasteiger partial charge on any atom is -0.179 e. The second kappa shape index (κ2) is 5.36. The van der Waals surface area contributed by atoms with E-state index in [0.717, 1.165) is 12.2 Å².